The van der Waals surface area contributed by atoms with Crippen LogP contribution in [0.2, 0.25) is 19.6 Å². The van der Waals surface area contributed by atoms with E-state index in [4.69, 9.17) is 4.43 Å². The van der Waals surface area contributed by atoms with Gasteiger partial charge in [0, 0.05) is 6.42 Å². The Morgan fingerprint density at radius 2 is 0.958 bits per heavy atom. The van der Waals surface area contributed by atoms with Crippen LogP contribution in [0.5, 0.6) is 0 Å². The summed E-state index contributed by atoms with van der Waals surface area (Å²) >= 11 is 0. The summed E-state index contributed by atoms with van der Waals surface area (Å²) in [6.07, 6.45) is 21.0. The van der Waals surface area contributed by atoms with Gasteiger partial charge in [-0.25, -0.2) is 0 Å². The highest BCUT2D eigenvalue weighted by molar-refractivity contribution is 6.71. The molecule has 0 saturated carbocycles. The van der Waals surface area contributed by atoms with E-state index < -0.39 is 8.32 Å². The fraction of sp³-hybridized carbons (Fsp3) is 0.952. The van der Waals surface area contributed by atoms with Crippen LogP contribution in [0.25, 0.3) is 0 Å². The van der Waals surface area contributed by atoms with Crippen molar-refractivity contribution in [3.63, 3.8) is 0 Å². The van der Waals surface area contributed by atoms with E-state index >= 15 is 0 Å². The van der Waals surface area contributed by atoms with Gasteiger partial charge in [-0.15, -0.1) is 0 Å². The Hall–Kier alpha value is -0.313. The Kier molecular flexibility index (Phi) is 16.0. The smallest absolute Gasteiger partial charge is 0.292 e. The van der Waals surface area contributed by atoms with Crippen molar-refractivity contribution >= 4 is 14.3 Å². The van der Waals surface area contributed by atoms with Crippen LogP contribution < -0.4 is 0 Å². The van der Waals surface area contributed by atoms with Crippen LogP contribution in [0.1, 0.15) is 110 Å². The summed E-state index contributed by atoms with van der Waals surface area (Å²) in [4.78, 5) is 11.6. The van der Waals surface area contributed by atoms with Gasteiger partial charge in [0.15, 0.2) is 0 Å². The van der Waals surface area contributed by atoms with Gasteiger partial charge in [0.05, 0.1) is 0 Å². The molecule has 2 nitrogen and oxygen atoms in total. The van der Waals surface area contributed by atoms with Gasteiger partial charge in [-0.05, 0) is 26.1 Å². The van der Waals surface area contributed by atoms with Crippen molar-refractivity contribution in [1.29, 1.82) is 0 Å². The molecular formula is C21H44O2Si. The average Bonchev–Trinajstić information content (AvgIpc) is 2.49. The van der Waals surface area contributed by atoms with Crippen molar-refractivity contribution in [3.8, 4) is 0 Å². The lowest BCUT2D eigenvalue weighted by Gasteiger charge is -2.17. The van der Waals surface area contributed by atoms with Crippen LogP contribution >= 0.6 is 0 Å². The molecule has 3 heteroatoms. The van der Waals surface area contributed by atoms with Gasteiger partial charge < -0.3 is 4.43 Å². The molecule has 0 aliphatic rings. The lowest BCUT2D eigenvalue weighted by Crippen LogP contribution is -2.28. The third-order valence-electron chi connectivity index (χ3n) is 4.40. The number of hydrogen-bond acceptors (Lipinski definition) is 2. The van der Waals surface area contributed by atoms with Gasteiger partial charge in [0.1, 0.15) is 0 Å². The van der Waals surface area contributed by atoms with E-state index in [1.54, 1.807) is 0 Å². The summed E-state index contributed by atoms with van der Waals surface area (Å²) in [6.45, 7) is 8.48. The third kappa shape index (κ3) is 19.7. The SMILES string of the molecule is CCCCCCCCCCCCCCCCCC(=O)O[Si](C)(C)C. The molecule has 0 amide bonds. The fourth-order valence-electron chi connectivity index (χ4n) is 3.03. The first-order valence-electron chi connectivity index (χ1n) is 10.7. The molecule has 0 heterocycles. The monoisotopic (exact) mass is 356 g/mol. The zero-order valence-corrected chi connectivity index (χ0v) is 18.1. The minimum atomic E-state index is -1.68. The zero-order valence-electron chi connectivity index (χ0n) is 17.1. The predicted molar refractivity (Wildman–Crippen MR) is 109 cm³/mol. The second kappa shape index (κ2) is 16.2. The molecule has 24 heavy (non-hydrogen) atoms. The highest BCUT2D eigenvalue weighted by Crippen LogP contribution is 2.14. The summed E-state index contributed by atoms with van der Waals surface area (Å²) < 4.78 is 5.46. The zero-order chi connectivity index (χ0) is 18.1. The van der Waals surface area contributed by atoms with Crippen LogP contribution in [0.4, 0.5) is 0 Å². The van der Waals surface area contributed by atoms with Gasteiger partial charge in [-0.1, -0.05) is 96.8 Å². The number of hydrogen-bond donors (Lipinski definition) is 0. The molecule has 0 rings (SSSR count). The summed E-state index contributed by atoms with van der Waals surface area (Å²) in [5, 5.41) is 0. The van der Waals surface area contributed by atoms with Gasteiger partial charge in [0.25, 0.3) is 5.97 Å². The van der Waals surface area contributed by atoms with Crippen LogP contribution in [0, 0.1) is 0 Å². The lowest BCUT2D eigenvalue weighted by atomic mass is 10.0. The summed E-state index contributed by atoms with van der Waals surface area (Å²) in [6, 6.07) is 0. The highest BCUT2D eigenvalue weighted by Gasteiger charge is 2.19. The topological polar surface area (TPSA) is 26.3 Å². The summed E-state index contributed by atoms with van der Waals surface area (Å²) in [5.41, 5.74) is 0. The van der Waals surface area contributed by atoms with Crippen LogP contribution in [-0.4, -0.2) is 14.3 Å². The van der Waals surface area contributed by atoms with Crippen molar-refractivity contribution in [3.05, 3.63) is 0 Å². The summed E-state index contributed by atoms with van der Waals surface area (Å²) in [7, 11) is -1.68. The Balaban J connectivity index is 3.14. The van der Waals surface area contributed by atoms with E-state index in [-0.39, 0.29) is 5.97 Å². The van der Waals surface area contributed by atoms with Crippen LogP contribution in [-0.2, 0) is 9.22 Å². The van der Waals surface area contributed by atoms with E-state index in [1.165, 1.54) is 89.9 Å². The standard InChI is InChI=1S/C21H44O2Si/c1-5-6-7-8-9-10-11-12-13-14-15-16-17-18-19-20-21(22)23-24(2,3)4/h5-20H2,1-4H3. The van der Waals surface area contributed by atoms with Crippen molar-refractivity contribution in [2.75, 3.05) is 0 Å². The van der Waals surface area contributed by atoms with Crippen molar-refractivity contribution in [2.45, 2.75) is 129 Å². The molecule has 0 aromatic rings. The van der Waals surface area contributed by atoms with E-state index in [1.807, 2.05) is 0 Å². The Morgan fingerprint density at radius 3 is 1.29 bits per heavy atom. The number of carbonyl (C=O) groups excluding carboxylic acids is 1. The fourth-order valence-corrected chi connectivity index (χ4v) is 3.82. The predicted octanol–water partition coefficient (Wildman–Crippen LogP) is 7.63. The average molecular weight is 357 g/mol. The molecule has 0 aromatic heterocycles. The van der Waals surface area contributed by atoms with Crippen molar-refractivity contribution in [2.24, 2.45) is 0 Å². The second-order valence-corrected chi connectivity index (χ2v) is 12.7. The lowest BCUT2D eigenvalue weighted by molar-refractivity contribution is -0.135. The molecular weight excluding hydrogens is 312 g/mol. The quantitative estimate of drug-likeness (QED) is 0.198. The minimum Gasteiger partial charge on any atom is -0.520 e. The van der Waals surface area contributed by atoms with Gasteiger partial charge in [-0.2, -0.15) is 0 Å². The first-order chi connectivity index (χ1) is 11.5. The Morgan fingerprint density at radius 1 is 0.625 bits per heavy atom. The second-order valence-electron chi connectivity index (χ2n) is 8.29. The van der Waals surface area contributed by atoms with E-state index in [9.17, 15) is 4.79 Å². The van der Waals surface area contributed by atoms with Crippen LogP contribution in [0.3, 0.4) is 0 Å². The molecule has 144 valence electrons. The molecule has 0 atom stereocenters. The van der Waals surface area contributed by atoms with E-state index in [0.29, 0.717) is 6.42 Å². The molecule has 0 radical (unpaired) electrons. The first kappa shape index (κ1) is 23.7. The van der Waals surface area contributed by atoms with Crippen molar-refractivity contribution < 1.29 is 9.22 Å². The molecule has 0 saturated heterocycles. The number of carbonyl (C=O) groups is 1. The largest absolute Gasteiger partial charge is 0.520 e. The molecule has 0 aromatic carbocycles. The molecule has 0 N–H and O–H groups in total. The maximum atomic E-state index is 11.6. The number of rotatable bonds is 17. The number of unbranched alkanes of at least 4 members (excludes halogenated alkanes) is 14. The normalized spacial score (nSPS) is 11.7. The molecule has 0 aliphatic heterocycles. The minimum absolute atomic E-state index is 0.0175. The first-order valence-corrected chi connectivity index (χ1v) is 14.1. The maximum Gasteiger partial charge on any atom is 0.292 e. The molecule has 0 spiro atoms. The highest BCUT2D eigenvalue weighted by atomic mass is 28.4. The van der Waals surface area contributed by atoms with Gasteiger partial charge >= 0.3 is 0 Å². The van der Waals surface area contributed by atoms with Gasteiger partial charge in [0.2, 0.25) is 8.32 Å². The third-order valence-corrected chi connectivity index (χ3v) is 5.24. The molecule has 0 aliphatic carbocycles. The van der Waals surface area contributed by atoms with Crippen LogP contribution in [0.15, 0.2) is 0 Å². The molecule has 0 unspecified atom stereocenters. The van der Waals surface area contributed by atoms with Gasteiger partial charge in [-0.3, -0.25) is 4.79 Å². The molecule has 0 bridgehead atoms. The van der Waals surface area contributed by atoms with E-state index in [0.717, 1.165) is 6.42 Å². The van der Waals surface area contributed by atoms with E-state index in [2.05, 4.69) is 26.6 Å². The molecule has 0 fully saturated rings. The summed E-state index contributed by atoms with van der Waals surface area (Å²) in [5.74, 6) is 0.0175. The Labute approximate surface area is 153 Å². The van der Waals surface area contributed by atoms with Crippen molar-refractivity contribution in [1.82, 2.24) is 0 Å². The Bertz CT molecular complexity index is 284. The maximum absolute atomic E-state index is 11.6.